The molecule has 0 saturated carbocycles. The molecule has 0 N–H and O–H groups in total. The van der Waals surface area contributed by atoms with Crippen molar-refractivity contribution in [3.05, 3.63) is 77.6 Å². The van der Waals surface area contributed by atoms with E-state index in [0.29, 0.717) is 13.1 Å². The number of hydrogen-bond acceptors (Lipinski definition) is 5. The van der Waals surface area contributed by atoms with Crippen molar-refractivity contribution in [1.29, 1.82) is 0 Å². The largest absolute Gasteiger partial charge is 0.496 e. The van der Waals surface area contributed by atoms with Crippen LogP contribution in [0.5, 0.6) is 5.75 Å². The van der Waals surface area contributed by atoms with E-state index in [4.69, 9.17) is 4.74 Å². The molecule has 7 heteroatoms. The van der Waals surface area contributed by atoms with Gasteiger partial charge in [0.2, 0.25) is 15.0 Å². The highest BCUT2D eigenvalue weighted by atomic mass is 32.2. The molecule has 0 aliphatic carbocycles. The summed E-state index contributed by atoms with van der Waals surface area (Å²) in [5.41, 5.74) is 3.22. The summed E-state index contributed by atoms with van der Waals surface area (Å²) in [6.07, 6.45) is 4.62. The quantitative estimate of drug-likeness (QED) is 0.474. The smallest absolute Gasteiger partial charge is 0.227 e. The van der Waals surface area contributed by atoms with Crippen LogP contribution in [0.4, 0.5) is 0 Å². The van der Waals surface area contributed by atoms with E-state index < -0.39 is 9.84 Å². The lowest BCUT2D eigenvalue weighted by atomic mass is 10.1. The van der Waals surface area contributed by atoms with E-state index in [1.165, 1.54) is 11.8 Å². The molecular weight excluding hydrogens is 410 g/mol. The summed E-state index contributed by atoms with van der Waals surface area (Å²) in [5.74, 6) is 0.843. The average Bonchev–Trinajstić information content (AvgIpc) is 3.16. The van der Waals surface area contributed by atoms with Gasteiger partial charge in [-0.3, -0.25) is 4.90 Å². The van der Waals surface area contributed by atoms with E-state index in [9.17, 15) is 8.42 Å². The van der Waals surface area contributed by atoms with Gasteiger partial charge in [-0.25, -0.2) is 13.4 Å². The van der Waals surface area contributed by atoms with Crippen LogP contribution in [-0.2, 0) is 29.3 Å². The van der Waals surface area contributed by atoms with E-state index in [2.05, 4.69) is 35.0 Å². The molecule has 1 atom stereocenters. The van der Waals surface area contributed by atoms with Gasteiger partial charge in [0.25, 0.3) is 0 Å². The van der Waals surface area contributed by atoms with Crippen molar-refractivity contribution in [3.63, 3.8) is 0 Å². The standard InChI is InChI=1S/C24H31N3O3S/c1-19(22-14-8-9-15-23(22)30-3)26(2)18-21-17-25-24(31(4,28)29)27(21)16-10-13-20-11-6-5-7-12-20/h5-9,11-12,14-15,17,19H,10,13,16,18H2,1-4H3/t19-/m0/s1. The number of aromatic nitrogens is 2. The Kier molecular flexibility index (Phi) is 7.51. The van der Waals surface area contributed by atoms with Crippen molar-refractivity contribution in [3.8, 4) is 5.75 Å². The molecule has 3 aromatic rings. The number of aryl methyl sites for hydroxylation is 1. The van der Waals surface area contributed by atoms with Crippen molar-refractivity contribution < 1.29 is 13.2 Å². The van der Waals surface area contributed by atoms with Crippen LogP contribution in [0.1, 0.15) is 36.2 Å². The van der Waals surface area contributed by atoms with E-state index in [0.717, 1.165) is 29.8 Å². The zero-order valence-corrected chi connectivity index (χ0v) is 19.5. The summed E-state index contributed by atoms with van der Waals surface area (Å²) in [5, 5.41) is 0.133. The summed E-state index contributed by atoms with van der Waals surface area (Å²) < 4.78 is 32.0. The molecule has 0 fully saturated rings. The SMILES string of the molecule is COc1ccccc1[C@H](C)N(C)Cc1cnc(S(C)(=O)=O)n1CCCc1ccccc1. The number of hydrogen-bond donors (Lipinski definition) is 0. The normalized spacial score (nSPS) is 12.8. The third kappa shape index (κ3) is 5.74. The van der Waals surface area contributed by atoms with Crippen molar-refractivity contribution in [2.24, 2.45) is 0 Å². The predicted octanol–water partition coefficient (Wildman–Crippen LogP) is 4.12. The molecule has 2 aromatic carbocycles. The molecule has 166 valence electrons. The van der Waals surface area contributed by atoms with Gasteiger partial charge in [-0.1, -0.05) is 48.5 Å². The van der Waals surface area contributed by atoms with Gasteiger partial charge in [0.1, 0.15) is 5.75 Å². The number of sulfone groups is 1. The van der Waals surface area contributed by atoms with Crippen LogP contribution in [0.3, 0.4) is 0 Å². The fourth-order valence-corrected chi connectivity index (χ4v) is 4.63. The minimum atomic E-state index is -3.41. The molecule has 0 radical (unpaired) electrons. The van der Waals surface area contributed by atoms with Gasteiger partial charge in [-0.2, -0.15) is 0 Å². The van der Waals surface area contributed by atoms with Crippen LogP contribution in [0, 0.1) is 0 Å². The second-order valence-electron chi connectivity index (χ2n) is 7.88. The zero-order chi connectivity index (χ0) is 22.4. The van der Waals surface area contributed by atoms with E-state index in [1.54, 1.807) is 13.3 Å². The lowest BCUT2D eigenvalue weighted by Crippen LogP contribution is -2.24. The summed E-state index contributed by atoms with van der Waals surface area (Å²) in [6.45, 7) is 3.29. The molecule has 0 aliphatic heterocycles. The first-order valence-electron chi connectivity index (χ1n) is 10.4. The van der Waals surface area contributed by atoms with Crippen LogP contribution in [0.2, 0.25) is 0 Å². The maximum atomic E-state index is 12.3. The Hall–Kier alpha value is -2.64. The Morgan fingerprint density at radius 2 is 1.77 bits per heavy atom. The second kappa shape index (κ2) is 10.1. The van der Waals surface area contributed by atoms with Crippen molar-refractivity contribution in [2.45, 2.75) is 44.1 Å². The van der Waals surface area contributed by atoms with Crippen LogP contribution >= 0.6 is 0 Å². The van der Waals surface area contributed by atoms with Gasteiger partial charge in [0.15, 0.2) is 0 Å². The molecule has 3 rings (SSSR count). The number of rotatable bonds is 10. The van der Waals surface area contributed by atoms with Gasteiger partial charge in [-0.05, 0) is 38.4 Å². The number of para-hydroxylation sites is 1. The monoisotopic (exact) mass is 441 g/mol. The fraction of sp³-hybridized carbons (Fsp3) is 0.375. The number of methoxy groups -OCH3 is 1. The fourth-order valence-electron chi connectivity index (χ4n) is 3.78. The number of nitrogens with zero attached hydrogens (tertiary/aromatic N) is 3. The molecule has 0 amide bonds. The number of benzene rings is 2. The van der Waals surface area contributed by atoms with E-state index in [-0.39, 0.29) is 11.2 Å². The lowest BCUT2D eigenvalue weighted by molar-refractivity contribution is 0.240. The van der Waals surface area contributed by atoms with Crippen molar-refractivity contribution >= 4 is 9.84 Å². The van der Waals surface area contributed by atoms with Gasteiger partial charge in [0, 0.05) is 31.0 Å². The maximum absolute atomic E-state index is 12.3. The van der Waals surface area contributed by atoms with Crippen LogP contribution < -0.4 is 4.74 Å². The second-order valence-corrected chi connectivity index (χ2v) is 9.79. The Balaban J connectivity index is 1.79. The predicted molar refractivity (Wildman–Crippen MR) is 123 cm³/mol. The van der Waals surface area contributed by atoms with Gasteiger partial charge < -0.3 is 9.30 Å². The Morgan fingerprint density at radius 1 is 1.10 bits per heavy atom. The first-order valence-corrected chi connectivity index (χ1v) is 12.3. The van der Waals surface area contributed by atoms with Gasteiger partial charge in [-0.15, -0.1) is 0 Å². The molecule has 6 nitrogen and oxygen atoms in total. The van der Waals surface area contributed by atoms with Crippen LogP contribution in [-0.4, -0.2) is 43.3 Å². The third-order valence-corrected chi connectivity index (χ3v) is 6.57. The number of imidazole rings is 1. The Labute approximate surface area is 185 Å². The summed E-state index contributed by atoms with van der Waals surface area (Å²) in [7, 11) is 0.285. The minimum Gasteiger partial charge on any atom is -0.496 e. The molecule has 0 saturated heterocycles. The Bertz CT molecular complexity index is 1090. The molecule has 31 heavy (non-hydrogen) atoms. The molecule has 1 aromatic heterocycles. The first-order chi connectivity index (χ1) is 14.8. The summed E-state index contributed by atoms with van der Waals surface area (Å²) in [6, 6.07) is 18.3. The van der Waals surface area contributed by atoms with Gasteiger partial charge in [0.05, 0.1) is 19.0 Å². The van der Waals surface area contributed by atoms with E-state index in [1.807, 2.05) is 48.0 Å². The topological polar surface area (TPSA) is 64.4 Å². The highest BCUT2D eigenvalue weighted by Gasteiger charge is 2.22. The Morgan fingerprint density at radius 3 is 2.45 bits per heavy atom. The summed E-state index contributed by atoms with van der Waals surface area (Å²) in [4.78, 5) is 6.43. The van der Waals surface area contributed by atoms with Crippen molar-refractivity contribution in [1.82, 2.24) is 14.5 Å². The molecule has 0 unspecified atom stereocenters. The molecule has 1 heterocycles. The molecule has 0 bridgehead atoms. The van der Waals surface area contributed by atoms with Crippen molar-refractivity contribution in [2.75, 3.05) is 20.4 Å². The lowest BCUT2D eigenvalue weighted by Gasteiger charge is -2.26. The zero-order valence-electron chi connectivity index (χ0n) is 18.7. The first kappa shape index (κ1) is 23.0. The maximum Gasteiger partial charge on any atom is 0.227 e. The average molecular weight is 442 g/mol. The minimum absolute atomic E-state index is 0.0884. The van der Waals surface area contributed by atoms with Crippen LogP contribution in [0.25, 0.3) is 0 Å². The van der Waals surface area contributed by atoms with E-state index >= 15 is 0 Å². The highest BCUT2D eigenvalue weighted by molar-refractivity contribution is 7.90. The molecule has 0 aliphatic rings. The number of ether oxygens (including phenoxy) is 1. The third-order valence-electron chi connectivity index (χ3n) is 5.58. The molecular formula is C24H31N3O3S. The molecule has 0 spiro atoms. The highest BCUT2D eigenvalue weighted by Crippen LogP contribution is 2.29. The van der Waals surface area contributed by atoms with Crippen LogP contribution in [0.15, 0.2) is 66.0 Å². The van der Waals surface area contributed by atoms with Gasteiger partial charge >= 0.3 is 0 Å². The summed E-state index contributed by atoms with van der Waals surface area (Å²) >= 11 is 0.